The number of nitriles is 1. The van der Waals surface area contributed by atoms with Gasteiger partial charge in [0.15, 0.2) is 9.84 Å². The maximum Gasteiger partial charge on any atom is 0.234 e. The predicted octanol–water partition coefficient (Wildman–Crippen LogP) is -0.0527. The lowest BCUT2D eigenvalue weighted by Crippen LogP contribution is -2.21. The highest BCUT2D eigenvalue weighted by atomic mass is 32.2. The highest BCUT2D eigenvalue weighted by Gasteiger charge is 2.27. The second-order valence-corrected chi connectivity index (χ2v) is 5.85. The van der Waals surface area contributed by atoms with Crippen molar-refractivity contribution in [2.24, 2.45) is 0 Å². The molecule has 2 rings (SSSR count). The summed E-state index contributed by atoms with van der Waals surface area (Å²) in [5, 5.41) is 11.6. The summed E-state index contributed by atoms with van der Waals surface area (Å²) in [5.41, 5.74) is 0. The lowest BCUT2D eigenvalue weighted by Gasteiger charge is -2.10. The smallest absolute Gasteiger partial charge is 0.234 e. The molecule has 0 amide bonds. The first kappa shape index (κ1) is 10.8. The molecule has 2 heterocycles. The predicted molar refractivity (Wildman–Crippen MR) is 57.4 cm³/mol. The lowest BCUT2D eigenvalue weighted by atomic mass is 10.2. The molecule has 1 aliphatic rings. The van der Waals surface area contributed by atoms with E-state index in [1.165, 1.54) is 6.20 Å². The van der Waals surface area contributed by atoms with E-state index in [9.17, 15) is 8.42 Å². The van der Waals surface area contributed by atoms with Crippen LogP contribution >= 0.6 is 0 Å². The summed E-state index contributed by atoms with van der Waals surface area (Å²) in [5.74, 6) is 0.902. The molecule has 0 spiro atoms. The molecule has 0 aliphatic carbocycles. The summed E-state index contributed by atoms with van der Waals surface area (Å²) in [6.45, 7) is 0. The van der Waals surface area contributed by atoms with E-state index in [4.69, 9.17) is 5.26 Å². The van der Waals surface area contributed by atoms with E-state index >= 15 is 0 Å². The van der Waals surface area contributed by atoms with Gasteiger partial charge in [-0.1, -0.05) is 0 Å². The molecule has 1 saturated heterocycles. The van der Waals surface area contributed by atoms with Crippen LogP contribution < -0.4 is 5.32 Å². The Morgan fingerprint density at radius 2 is 2.38 bits per heavy atom. The van der Waals surface area contributed by atoms with Crippen LogP contribution in [0.1, 0.15) is 12.2 Å². The van der Waals surface area contributed by atoms with Gasteiger partial charge in [0.1, 0.15) is 11.9 Å². The van der Waals surface area contributed by atoms with Crippen molar-refractivity contribution in [3.8, 4) is 6.07 Å². The van der Waals surface area contributed by atoms with E-state index in [0.29, 0.717) is 12.2 Å². The van der Waals surface area contributed by atoms with Crippen LogP contribution in [-0.2, 0) is 9.84 Å². The number of hydrogen-bond donors (Lipinski definition) is 1. The van der Waals surface area contributed by atoms with Gasteiger partial charge < -0.3 is 5.32 Å². The van der Waals surface area contributed by atoms with Crippen molar-refractivity contribution in [2.45, 2.75) is 12.5 Å². The van der Waals surface area contributed by atoms with E-state index < -0.39 is 9.84 Å². The maximum absolute atomic E-state index is 11.2. The second kappa shape index (κ2) is 4.06. The average Bonchev–Trinajstić information content (AvgIpc) is 2.58. The van der Waals surface area contributed by atoms with E-state index in [0.717, 1.165) is 0 Å². The van der Waals surface area contributed by atoms with Gasteiger partial charge in [-0.25, -0.2) is 18.4 Å². The summed E-state index contributed by atoms with van der Waals surface area (Å²) >= 11 is 0. The van der Waals surface area contributed by atoms with Crippen molar-refractivity contribution in [3.63, 3.8) is 0 Å². The van der Waals surface area contributed by atoms with Crippen LogP contribution in [0.4, 0.5) is 5.82 Å². The molecule has 16 heavy (non-hydrogen) atoms. The Labute approximate surface area is 93.3 Å². The second-order valence-electron chi connectivity index (χ2n) is 3.62. The Kier molecular flexibility index (Phi) is 2.75. The number of nitrogens with one attached hydrogen (secondary N) is 1. The van der Waals surface area contributed by atoms with Gasteiger partial charge in [-0.3, -0.25) is 0 Å². The Morgan fingerprint density at radius 3 is 3.00 bits per heavy atom. The van der Waals surface area contributed by atoms with Crippen LogP contribution in [-0.4, -0.2) is 35.9 Å². The first-order valence-corrected chi connectivity index (χ1v) is 6.61. The van der Waals surface area contributed by atoms with Crippen LogP contribution in [0.5, 0.6) is 0 Å². The molecule has 0 saturated carbocycles. The molecule has 1 aromatic rings. The topological polar surface area (TPSA) is 95.7 Å². The third-order valence-electron chi connectivity index (χ3n) is 2.34. The molecule has 1 fully saturated rings. The van der Waals surface area contributed by atoms with E-state index in [2.05, 4.69) is 15.3 Å². The maximum atomic E-state index is 11.2. The van der Waals surface area contributed by atoms with Crippen molar-refractivity contribution in [1.82, 2.24) is 9.97 Å². The van der Waals surface area contributed by atoms with Crippen molar-refractivity contribution in [1.29, 1.82) is 5.26 Å². The molecule has 1 aromatic heterocycles. The molecule has 7 heteroatoms. The number of aromatic nitrogens is 2. The Hall–Kier alpha value is -1.68. The molecular weight excluding hydrogens is 228 g/mol. The summed E-state index contributed by atoms with van der Waals surface area (Å²) in [6, 6.07) is 3.33. The van der Waals surface area contributed by atoms with Gasteiger partial charge in [-0.2, -0.15) is 5.26 Å². The molecule has 1 atom stereocenters. The molecule has 0 aromatic carbocycles. The molecule has 1 N–H and O–H groups in total. The van der Waals surface area contributed by atoms with E-state index in [1.807, 2.05) is 6.07 Å². The minimum atomic E-state index is -2.90. The summed E-state index contributed by atoms with van der Waals surface area (Å²) in [6.07, 6.45) is 2.05. The number of anilines is 1. The minimum Gasteiger partial charge on any atom is -0.366 e. The Bertz CT molecular complexity index is 535. The zero-order valence-corrected chi connectivity index (χ0v) is 9.24. The fraction of sp³-hybridized carbons (Fsp3) is 0.444. The quantitative estimate of drug-likeness (QED) is 0.775. The van der Waals surface area contributed by atoms with Crippen LogP contribution in [0, 0.1) is 11.3 Å². The van der Waals surface area contributed by atoms with Gasteiger partial charge in [0.2, 0.25) is 5.82 Å². The van der Waals surface area contributed by atoms with Crippen molar-refractivity contribution >= 4 is 15.7 Å². The van der Waals surface area contributed by atoms with Crippen LogP contribution in [0.25, 0.3) is 0 Å². The van der Waals surface area contributed by atoms with Gasteiger partial charge in [0.05, 0.1) is 11.5 Å². The molecule has 1 unspecified atom stereocenters. The van der Waals surface area contributed by atoms with Crippen molar-refractivity contribution < 1.29 is 8.42 Å². The van der Waals surface area contributed by atoms with Crippen LogP contribution in [0.15, 0.2) is 12.3 Å². The molecular formula is C9H10N4O2S. The zero-order chi connectivity index (χ0) is 11.6. The minimum absolute atomic E-state index is 0.0749. The zero-order valence-electron chi connectivity index (χ0n) is 8.42. The summed E-state index contributed by atoms with van der Waals surface area (Å²) < 4.78 is 22.5. The van der Waals surface area contributed by atoms with Gasteiger partial charge in [-0.15, -0.1) is 0 Å². The third-order valence-corrected chi connectivity index (χ3v) is 4.11. The standard InChI is InChI=1S/C9H10N4O2S/c10-5-9-11-3-1-8(13-9)12-7-2-4-16(14,15)6-7/h1,3,7H,2,4,6H2,(H,11,12,13). The summed E-state index contributed by atoms with van der Waals surface area (Å²) in [4.78, 5) is 7.65. The number of nitrogens with zero attached hydrogens (tertiary/aromatic N) is 3. The molecule has 6 nitrogen and oxygen atoms in total. The van der Waals surface area contributed by atoms with E-state index in [-0.39, 0.29) is 23.4 Å². The number of rotatable bonds is 2. The Balaban J connectivity index is 2.08. The largest absolute Gasteiger partial charge is 0.366 e. The van der Waals surface area contributed by atoms with Crippen molar-refractivity contribution in [2.75, 3.05) is 16.8 Å². The number of hydrogen-bond acceptors (Lipinski definition) is 6. The molecule has 1 aliphatic heterocycles. The van der Waals surface area contributed by atoms with Gasteiger partial charge >= 0.3 is 0 Å². The highest BCUT2D eigenvalue weighted by Crippen LogP contribution is 2.15. The van der Waals surface area contributed by atoms with E-state index in [1.54, 1.807) is 6.07 Å². The third kappa shape index (κ3) is 2.46. The fourth-order valence-electron chi connectivity index (χ4n) is 1.61. The fourth-order valence-corrected chi connectivity index (χ4v) is 3.28. The van der Waals surface area contributed by atoms with Crippen molar-refractivity contribution in [3.05, 3.63) is 18.1 Å². The average molecular weight is 238 g/mol. The number of sulfone groups is 1. The highest BCUT2D eigenvalue weighted by molar-refractivity contribution is 7.91. The first-order valence-electron chi connectivity index (χ1n) is 4.79. The van der Waals surface area contributed by atoms with Crippen LogP contribution in [0.2, 0.25) is 0 Å². The monoisotopic (exact) mass is 238 g/mol. The van der Waals surface area contributed by atoms with Gasteiger partial charge in [0.25, 0.3) is 0 Å². The normalized spacial score (nSPS) is 22.6. The molecule has 84 valence electrons. The van der Waals surface area contributed by atoms with Gasteiger partial charge in [0, 0.05) is 12.2 Å². The van der Waals surface area contributed by atoms with Gasteiger partial charge in [-0.05, 0) is 12.5 Å². The molecule has 0 bridgehead atoms. The Morgan fingerprint density at radius 1 is 1.56 bits per heavy atom. The summed E-state index contributed by atoms with van der Waals surface area (Å²) in [7, 11) is -2.90. The SMILES string of the molecule is N#Cc1nccc(NC2CCS(=O)(=O)C2)n1. The molecule has 0 radical (unpaired) electrons. The van der Waals surface area contributed by atoms with Crippen LogP contribution in [0.3, 0.4) is 0 Å². The lowest BCUT2D eigenvalue weighted by molar-refractivity contribution is 0.602. The first-order chi connectivity index (χ1) is 7.59.